The van der Waals surface area contributed by atoms with Crippen molar-refractivity contribution in [3.63, 3.8) is 0 Å². The summed E-state index contributed by atoms with van der Waals surface area (Å²) in [5.74, 6) is 1.02. The topological polar surface area (TPSA) is 158 Å². The molecule has 0 bridgehead atoms. The molecule has 0 fully saturated rings. The Morgan fingerprint density at radius 3 is 2.68 bits per heavy atom. The molecule has 0 spiro atoms. The van der Waals surface area contributed by atoms with Crippen LogP contribution in [0, 0.1) is 11.3 Å². The molecule has 0 aliphatic rings. The fourth-order valence-electron chi connectivity index (χ4n) is 4.06. The van der Waals surface area contributed by atoms with Gasteiger partial charge in [-0.05, 0) is 30.7 Å². The van der Waals surface area contributed by atoms with Gasteiger partial charge in [-0.3, -0.25) is 9.36 Å². The number of fused-ring (bicyclic) bond motifs is 1. The van der Waals surface area contributed by atoms with E-state index >= 15 is 0 Å². The van der Waals surface area contributed by atoms with Crippen LogP contribution >= 0.6 is 0 Å². The highest BCUT2D eigenvalue weighted by Crippen LogP contribution is 2.29. The number of nitrogens with one attached hydrogen (secondary N) is 1. The second-order valence-corrected chi connectivity index (χ2v) is 8.10. The van der Waals surface area contributed by atoms with Crippen LogP contribution in [0.15, 0.2) is 71.8 Å². The van der Waals surface area contributed by atoms with Crippen molar-refractivity contribution in [2.24, 2.45) is 0 Å². The average Bonchev–Trinajstić information content (AvgIpc) is 2.93. The van der Waals surface area contributed by atoms with Gasteiger partial charge in [0, 0.05) is 11.6 Å². The van der Waals surface area contributed by atoms with Gasteiger partial charge in [0.15, 0.2) is 0 Å². The minimum Gasteiger partial charge on any atom is -0.480 e. The van der Waals surface area contributed by atoms with Crippen molar-refractivity contribution in [2.75, 3.05) is 18.2 Å². The lowest BCUT2D eigenvalue weighted by Gasteiger charge is -2.21. The number of para-hydroxylation sites is 1. The third-order valence-electron chi connectivity index (χ3n) is 5.76. The smallest absolute Gasteiger partial charge is 0.266 e. The standard InChI is InChI=1S/C26H21N9O2/c1-15(31-23-17(12-27)13-29-26(28)33-23)24-32-20-10-6-9-19(16-11-21(37-2)34-30-14-16)22(20)25(36)35(24)18-7-4-3-5-8-18/h3-11,13-15H,1-2H3,(H3,28,29,31,33). The maximum Gasteiger partial charge on any atom is 0.266 e. The fourth-order valence-corrected chi connectivity index (χ4v) is 4.06. The van der Waals surface area contributed by atoms with Crippen molar-refractivity contribution in [1.29, 1.82) is 5.26 Å². The van der Waals surface area contributed by atoms with Crippen molar-refractivity contribution in [1.82, 2.24) is 29.7 Å². The predicted octanol–water partition coefficient (Wildman–Crippen LogP) is 3.27. The normalized spacial score (nSPS) is 11.6. The summed E-state index contributed by atoms with van der Waals surface area (Å²) in [7, 11) is 1.50. The first-order valence-corrected chi connectivity index (χ1v) is 11.3. The van der Waals surface area contributed by atoms with Gasteiger partial charge in [0.25, 0.3) is 5.56 Å². The number of benzene rings is 2. The first kappa shape index (κ1) is 23.4. The molecule has 1 atom stereocenters. The van der Waals surface area contributed by atoms with Gasteiger partial charge in [0.1, 0.15) is 23.3 Å². The molecule has 11 nitrogen and oxygen atoms in total. The van der Waals surface area contributed by atoms with E-state index in [1.54, 1.807) is 22.9 Å². The van der Waals surface area contributed by atoms with E-state index < -0.39 is 6.04 Å². The lowest BCUT2D eigenvalue weighted by atomic mass is 10.0. The zero-order valence-corrected chi connectivity index (χ0v) is 20.0. The highest BCUT2D eigenvalue weighted by Gasteiger charge is 2.21. The number of ether oxygens (including phenoxy) is 1. The number of nitrogens with zero attached hydrogens (tertiary/aromatic N) is 7. The quantitative estimate of drug-likeness (QED) is 0.361. The zero-order valence-electron chi connectivity index (χ0n) is 20.0. The fraction of sp³-hybridized carbons (Fsp3) is 0.115. The minimum absolute atomic E-state index is 0.0200. The maximum absolute atomic E-state index is 14.2. The van der Waals surface area contributed by atoms with E-state index in [-0.39, 0.29) is 22.9 Å². The van der Waals surface area contributed by atoms with E-state index in [2.05, 4.69) is 25.5 Å². The largest absolute Gasteiger partial charge is 0.480 e. The summed E-state index contributed by atoms with van der Waals surface area (Å²) in [5.41, 5.74) is 8.15. The van der Waals surface area contributed by atoms with E-state index in [0.29, 0.717) is 39.4 Å². The highest BCUT2D eigenvalue weighted by atomic mass is 16.5. The lowest BCUT2D eigenvalue weighted by molar-refractivity contribution is 0.392. The predicted molar refractivity (Wildman–Crippen MR) is 138 cm³/mol. The van der Waals surface area contributed by atoms with Gasteiger partial charge < -0.3 is 15.8 Å². The molecule has 5 rings (SSSR count). The Labute approximate surface area is 211 Å². The van der Waals surface area contributed by atoms with E-state index in [1.807, 2.05) is 55.5 Å². The molecule has 0 radical (unpaired) electrons. The number of hydrogen-bond acceptors (Lipinski definition) is 10. The summed E-state index contributed by atoms with van der Waals surface area (Å²) >= 11 is 0. The molecule has 37 heavy (non-hydrogen) atoms. The molecule has 182 valence electrons. The van der Waals surface area contributed by atoms with Crippen molar-refractivity contribution in [2.45, 2.75) is 13.0 Å². The van der Waals surface area contributed by atoms with Crippen LogP contribution in [0.25, 0.3) is 27.7 Å². The van der Waals surface area contributed by atoms with E-state index in [9.17, 15) is 10.1 Å². The van der Waals surface area contributed by atoms with Crippen molar-refractivity contribution in [3.05, 3.63) is 88.7 Å². The number of nitrogen functional groups attached to an aromatic ring is 1. The molecule has 0 aliphatic carbocycles. The van der Waals surface area contributed by atoms with E-state index in [1.165, 1.54) is 13.3 Å². The van der Waals surface area contributed by atoms with Crippen molar-refractivity contribution >= 4 is 22.7 Å². The van der Waals surface area contributed by atoms with Crippen LogP contribution in [0.1, 0.15) is 24.4 Å². The Hall–Kier alpha value is -5.37. The van der Waals surface area contributed by atoms with Gasteiger partial charge in [-0.15, -0.1) is 5.10 Å². The minimum atomic E-state index is -0.537. The number of nitriles is 1. The van der Waals surface area contributed by atoms with Crippen LogP contribution in [-0.2, 0) is 0 Å². The Balaban J connectivity index is 1.74. The van der Waals surface area contributed by atoms with E-state index in [0.717, 1.165) is 0 Å². The number of aromatic nitrogens is 6. The molecule has 0 amide bonds. The number of methoxy groups -OCH3 is 1. The van der Waals surface area contributed by atoms with Crippen molar-refractivity contribution in [3.8, 4) is 28.8 Å². The molecular weight excluding hydrogens is 470 g/mol. The first-order chi connectivity index (χ1) is 18.0. The van der Waals surface area contributed by atoms with Gasteiger partial charge in [-0.25, -0.2) is 9.97 Å². The van der Waals surface area contributed by atoms with Gasteiger partial charge >= 0.3 is 0 Å². The first-order valence-electron chi connectivity index (χ1n) is 11.3. The van der Waals surface area contributed by atoms with Crippen molar-refractivity contribution < 1.29 is 4.74 Å². The molecule has 0 saturated heterocycles. The van der Waals surface area contributed by atoms with Crippen LogP contribution in [0.5, 0.6) is 5.88 Å². The summed E-state index contributed by atoms with van der Waals surface area (Å²) in [4.78, 5) is 27.1. The molecule has 2 aromatic carbocycles. The summed E-state index contributed by atoms with van der Waals surface area (Å²) < 4.78 is 6.77. The summed E-state index contributed by atoms with van der Waals surface area (Å²) in [6.45, 7) is 1.83. The maximum atomic E-state index is 14.2. The molecule has 3 heterocycles. The van der Waals surface area contributed by atoms with Gasteiger partial charge in [-0.2, -0.15) is 15.3 Å². The Morgan fingerprint density at radius 2 is 1.92 bits per heavy atom. The molecule has 11 heteroatoms. The Kier molecular flexibility index (Phi) is 6.13. The lowest BCUT2D eigenvalue weighted by Crippen LogP contribution is -2.28. The molecule has 0 aliphatic heterocycles. The summed E-state index contributed by atoms with van der Waals surface area (Å²) in [6.07, 6.45) is 2.92. The molecule has 1 unspecified atom stereocenters. The average molecular weight is 492 g/mol. The van der Waals surface area contributed by atoms with Crippen LogP contribution in [0.4, 0.5) is 11.8 Å². The third kappa shape index (κ3) is 4.39. The van der Waals surface area contributed by atoms with Gasteiger partial charge in [0.2, 0.25) is 11.8 Å². The van der Waals surface area contributed by atoms with E-state index in [4.69, 9.17) is 15.5 Å². The number of rotatable bonds is 6. The van der Waals surface area contributed by atoms with Crippen LogP contribution in [0.3, 0.4) is 0 Å². The molecular formula is C26H21N9O2. The van der Waals surface area contributed by atoms with Gasteiger partial charge in [-0.1, -0.05) is 30.3 Å². The second kappa shape index (κ2) is 9.71. The molecule has 0 saturated carbocycles. The Bertz CT molecular complexity index is 1710. The third-order valence-corrected chi connectivity index (χ3v) is 5.76. The Morgan fingerprint density at radius 1 is 1.11 bits per heavy atom. The summed E-state index contributed by atoms with van der Waals surface area (Å²) in [5, 5.41) is 21.0. The molecule has 3 N–H and O–H groups in total. The zero-order chi connectivity index (χ0) is 25.9. The second-order valence-electron chi connectivity index (χ2n) is 8.10. The van der Waals surface area contributed by atoms with Crippen LogP contribution in [-0.4, -0.2) is 36.8 Å². The molecule has 3 aromatic heterocycles. The van der Waals surface area contributed by atoms with Crippen LogP contribution < -0.4 is 21.3 Å². The molecule has 5 aromatic rings. The number of anilines is 2. The monoisotopic (exact) mass is 491 g/mol. The number of nitrogens with two attached hydrogens (primary N) is 1. The summed E-state index contributed by atoms with van der Waals surface area (Å²) in [6, 6.07) is 17.9. The van der Waals surface area contributed by atoms with Gasteiger partial charge in [0.05, 0.1) is 42.1 Å². The highest BCUT2D eigenvalue weighted by molar-refractivity contribution is 5.94. The van der Waals surface area contributed by atoms with Crippen LogP contribution in [0.2, 0.25) is 0 Å². The SMILES string of the molecule is COc1cc(-c2cccc3nc(C(C)Nc4nc(N)ncc4C#N)n(-c4ccccc4)c(=O)c23)cnn1. The number of hydrogen-bond donors (Lipinski definition) is 2.